The standard InChI is InChI=1S/C13H16O6S/c14-11-3-1-2-4-12(11)19-13(15)9-5-7-10(8-6-9)20(16,17)18/h5-8,11-12,14H,1-4H2,(H,16,17,18). The summed E-state index contributed by atoms with van der Waals surface area (Å²) in [5, 5.41) is 9.73. The molecule has 0 radical (unpaired) electrons. The lowest BCUT2D eigenvalue weighted by atomic mass is 9.95. The van der Waals surface area contributed by atoms with Crippen LogP contribution in [0.1, 0.15) is 36.0 Å². The highest BCUT2D eigenvalue weighted by Gasteiger charge is 2.27. The summed E-state index contributed by atoms with van der Waals surface area (Å²) in [6.07, 6.45) is 1.88. The van der Waals surface area contributed by atoms with Gasteiger partial charge in [-0.2, -0.15) is 8.42 Å². The molecule has 2 N–H and O–H groups in total. The first kappa shape index (κ1) is 15.0. The highest BCUT2D eigenvalue weighted by molar-refractivity contribution is 7.85. The van der Waals surface area contributed by atoms with Gasteiger partial charge in [-0.05, 0) is 43.5 Å². The Morgan fingerprint density at radius 1 is 1.15 bits per heavy atom. The third-order valence-electron chi connectivity index (χ3n) is 3.31. The van der Waals surface area contributed by atoms with Crippen LogP contribution in [0.3, 0.4) is 0 Å². The minimum absolute atomic E-state index is 0.176. The Bertz CT molecular complexity index is 577. The summed E-state index contributed by atoms with van der Waals surface area (Å²) in [4.78, 5) is 11.6. The smallest absolute Gasteiger partial charge is 0.338 e. The molecule has 1 aromatic carbocycles. The maximum Gasteiger partial charge on any atom is 0.338 e. The lowest BCUT2D eigenvalue weighted by molar-refractivity contribution is -0.0360. The van der Waals surface area contributed by atoms with Gasteiger partial charge in [0.05, 0.1) is 16.6 Å². The van der Waals surface area contributed by atoms with Crippen LogP contribution in [-0.4, -0.2) is 36.3 Å². The summed E-state index contributed by atoms with van der Waals surface area (Å²) in [6, 6.07) is 4.79. The Balaban J connectivity index is 2.06. The number of benzene rings is 1. The Hall–Kier alpha value is -1.44. The molecule has 1 aliphatic rings. The normalized spacial score (nSPS) is 23.3. The SMILES string of the molecule is O=C(OC1CCCCC1O)c1ccc(S(=O)(=O)O)cc1. The number of esters is 1. The van der Waals surface area contributed by atoms with Gasteiger partial charge in [0, 0.05) is 0 Å². The van der Waals surface area contributed by atoms with Crippen molar-refractivity contribution in [1.82, 2.24) is 0 Å². The molecule has 0 spiro atoms. The first-order chi connectivity index (χ1) is 9.38. The van der Waals surface area contributed by atoms with E-state index < -0.39 is 28.3 Å². The topological polar surface area (TPSA) is 101 Å². The highest BCUT2D eigenvalue weighted by atomic mass is 32.2. The number of aliphatic hydroxyl groups is 1. The zero-order valence-electron chi connectivity index (χ0n) is 10.7. The average molecular weight is 300 g/mol. The van der Waals surface area contributed by atoms with Crippen LogP contribution in [0.15, 0.2) is 29.2 Å². The van der Waals surface area contributed by atoms with Gasteiger partial charge in [-0.3, -0.25) is 4.55 Å². The maximum atomic E-state index is 11.9. The van der Waals surface area contributed by atoms with Gasteiger partial charge in [0.2, 0.25) is 0 Å². The van der Waals surface area contributed by atoms with E-state index in [4.69, 9.17) is 9.29 Å². The lowest BCUT2D eigenvalue weighted by Crippen LogP contribution is -2.34. The number of carbonyl (C=O) groups is 1. The summed E-state index contributed by atoms with van der Waals surface area (Å²) in [7, 11) is -4.27. The second-order valence-electron chi connectivity index (χ2n) is 4.80. The fraction of sp³-hybridized carbons (Fsp3) is 0.462. The third-order valence-corrected chi connectivity index (χ3v) is 4.18. The molecule has 1 saturated carbocycles. The molecule has 0 bridgehead atoms. The predicted octanol–water partition coefficient (Wildman–Crippen LogP) is 1.39. The van der Waals surface area contributed by atoms with Crippen molar-refractivity contribution in [2.75, 3.05) is 0 Å². The van der Waals surface area contributed by atoms with Crippen LogP contribution in [-0.2, 0) is 14.9 Å². The number of rotatable bonds is 3. The third kappa shape index (κ3) is 3.56. The molecule has 1 fully saturated rings. The molecule has 0 saturated heterocycles. The molecule has 2 atom stereocenters. The van der Waals surface area contributed by atoms with Crippen LogP contribution < -0.4 is 0 Å². The van der Waals surface area contributed by atoms with Gasteiger partial charge in [0.15, 0.2) is 0 Å². The molecule has 1 aromatic rings. The number of carbonyl (C=O) groups excluding carboxylic acids is 1. The first-order valence-corrected chi connectivity index (χ1v) is 7.78. The summed E-state index contributed by atoms with van der Waals surface area (Å²) in [5.41, 5.74) is 0.176. The van der Waals surface area contributed by atoms with Crippen molar-refractivity contribution in [3.8, 4) is 0 Å². The van der Waals surface area contributed by atoms with Gasteiger partial charge in [-0.1, -0.05) is 6.42 Å². The zero-order chi connectivity index (χ0) is 14.8. The fourth-order valence-electron chi connectivity index (χ4n) is 2.18. The second-order valence-corrected chi connectivity index (χ2v) is 6.22. The van der Waals surface area contributed by atoms with Crippen molar-refractivity contribution >= 4 is 16.1 Å². The van der Waals surface area contributed by atoms with E-state index >= 15 is 0 Å². The molecule has 110 valence electrons. The molecule has 1 aliphatic carbocycles. The van der Waals surface area contributed by atoms with E-state index in [0.717, 1.165) is 25.0 Å². The maximum absolute atomic E-state index is 11.9. The van der Waals surface area contributed by atoms with E-state index in [1.165, 1.54) is 12.1 Å². The average Bonchev–Trinajstić information content (AvgIpc) is 2.40. The van der Waals surface area contributed by atoms with E-state index in [-0.39, 0.29) is 10.5 Å². The van der Waals surface area contributed by atoms with E-state index in [9.17, 15) is 18.3 Å². The number of hydrogen-bond donors (Lipinski definition) is 2. The van der Waals surface area contributed by atoms with E-state index in [1.54, 1.807) is 0 Å². The first-order valence-electron chi connectivity index (χ1n) is 6.34. The van der Waals surface area contributed by atoms with Crippen LogP contribution in [0, 0.1) is 0 Å². The quantitative estimate of drug-likeness (QED) is 0.646. The van der Waals surface area contributed by atoms with Gasteiger partial charge in [-0.15, -0.1) is 0 Å². The van der Waals surface area contributed by atoms with Gasteiger partial charge in [0.25, 0.3) is 10.1 Å². The molecule has 0 aromatic heterocycles. The van der Waals surface area contributed by atoms with Crippen molar-refractivity contribution < 1.29 is 27.6 Å². The molecule has 0 amide bonds. The van der Waals surface area contributed by atoms with Gasteiger partial charge < -0.3 is 9.84 Å². The number of aliphatic hydroxyl groups excluding tert-OH is 1. The van der Waals surface area contributed by atoms with E-state index in [0.29, 0.717) is 12.8 Å². The van der Waals surface area contributed by atoms with Crippen molar-refractivity contribution in [2.45, 2.75) is 42.8 Å². The van der Waals surface area contributed by atoms with Crippen LogP contribution in [0.25, 0.3) is 0 Å². The molecule has 0 aliphatic heterocycles. The summed E-state index contributed by atoms with van der Waals surface area (Å²) >= 11 is 0. The van der Waals surface area contributed by atoms with Gasteiger partial charge >= 0.3 is 5.97 Å². The summed E-state index contributed by atoms with van der Waals surface area (Å²) < 4.78 is 35.8. The Morgan fingerprint density at radius 3 is 2.30 bits per heavy atom. The zero-order valence-corrected chi connectivity index (χ0v) is 11.5. The van der Waals surface area contributed by atoms with Crippen molar-refractivity contribution in [3.63, 3.8) is 0 Å². The highest BCUT2D eigenvalue weighted by Crippen LogP contribution is 2.22. The van der Waals surface area contributed by atoms with Crippen LogP contribution in [0.2, 0.25) is 0 Å². The largest absolute Gasteiger partial charge is 0.456 e. The monoisotopic (exact) mass is 300 g/mol. The fourth-order valence-corrected chi connectivity index (χ4v) is 2.66. The Kier molecular flexibility index (Phi) is 4.42. The van der Waals surface area contributed by atoms with Gasteiger partial charge in [-0.25, -0.2) is 4.79 Å². The van der Waals surface area contributed by atoms with Crippen LogP contribution in [0.4, 0.5) is 0 Å². The molecule has 7 heteroatoms. The summed E-state index contributed by atoms with van der Waals surface area (Å²) in [6.45, 7) is 0. The van der Waals surface area contributed by atoms with E-state index in [2.05, 4.69) is 0 Å². The summed E-state index contributed by atoms with van der Waals surface area (Å²) in [5.74, 6) is -0.613. The van der Waals surface area contributed by atoms with Crippen LogP contribution in [0.5, 0.6) is 0 Å². The number of hydrogen-bond acceptors (Lipinski definition) is 5. The molecule has 2 unspecified atom stereocenters. The minimum Gasteiger partial charge on any atom is -0.456 e. The molecular weight excluding hydrogens is 284 g/mol. The number of ether oxygens (including phenoxy) is 1. The predicted molar refractivity (Wildman–Crippen MR) is 69.9 cm³/mol. The van der Waals surface area contributed by atoms with Crippen molar-refractivity contribution in [3.05, 3.63) is 29.8 Å². The minimum atomic E-state index is -4.27. The van der Waals surface area contributed by atoms with E-state index in [1.807, 2.05) is 0 Å². The lowest BCUT2D eigenvalue weighted by Gasteiger charge is -2.27. The Morgan fingerprint density at radius 2 is 1.75 bits per heavy atom. The van der Waals surface area contributed by atoms with Crippen LogP contribution >= 0.6 is 0 Å². The molecule has 0 heterocycles. The second kappa shape index (κ2) is 5.90. The van der Waals surface area contributed by atoms with Crippen molar-refractivity contribution in [1.29, 1.82) is 0 Å². The molecular formula is C13H16O6S. The molecule has 6 nitrogen and oxygen atoms in total. The molecule has 2 rings (SSSR count). The van der Waals surface area contributed by atoms with Gasteiger partial charge in [0.1, 0.15) is 6.10 Å². The molecule has 20 heavy (non-hydrogen) atoms. The van der Waals surface area contributed by atoms with Crippen molar-refractivity contribution in [2.24, 2.45) is 0 Å². The Labute approximate surface area is 117 Å².